The van der Waals surface area contributed by atoms with Gasteiger partial charge in [-0.25, -0.2) is 0 Å². The molecule has 1 radical (unpaired) electrons. The van der Waals surface area contributed by atoms with Crippen molar-refractivity contribution in [1.82, 2.24) is 0 Å². The molecule has 0 aromatic rings. The van der Waals surface area contributed by atoms with Crippen LogP contribution in [0.1, 0.15) is 20.8 Å². The number of hydrogen-bond donors (Lipinski definition) is 0. The van der Waals surface area contributed by atoms with Crippen molar-refractivity contribution in [2.24, 2.45) is 5.41 Å². The van der Waals surface area contributed by atoms with E-state index in [0.717, 1.165) is 0 Å². The van der Waals surface area contributed by atoms with Gasteiger partial charge < -0.3 is 0 Å². The standard InChI is InChI=1S/C5H11.CH3.Ga/c1-5(2,3)4;;/h1H2,2-4H3;1H3;. The van der Waals surface area contributed by atoms with Crippen molar-refractivity contribution in [3.8, 4) is 0 Å². The Morgan fingerprint density at radius 3 is 1.71 bits per heavy atom. The third kappa shape index (κ3) is 6.64. The Balaban J connectivity index is 3.15. The molecular weight excluding hydrogens is 142 g/mol. The van der Waals surface area contributed by atoms with Crippen molar-refractivity contribution in [1.29, 1.82) is 0 Å². The summed E-state index contributed by atoms with van der Waals surface area (Å²) in [7, 11) is 0. The Hall–Kier alpha value is 0.636. The van der Waals surface area contributed by atoms with Gasteiger partial charge in [-0.05, 0) is 0 Å². The van der Waals surface area contributed by atoms with Gasteiger partial charge in [0, 0.05) is 0 Å². The first-order valence-electron chi connectivity index (χ1n) is 2.84. The van der Waals surface area contributed by atoms with Crippen molar-refractivity contribution < 1.29 is 0 Å². The molecular formula is C6H14Ga. The van der Waals surface area contributed by atoms with Crippen LogP contribution in [-0.4, -0.2) is 17.4 Å². The van der Waals surface area contributed by atoms with E-state index >= 15 is 0 Å². The van der Waals surface area contributed by atoms with Gasteiger partial charge in [0.05, 0.1) is 0 Å². The summed E-state index contributed by atoms with van der Waals surface area (Å²) in [5, 5.41) is 0. The summed E-state index contributed by atoms with van der Waals surface area (Å²) >= 11 is 0.185. The molecule has 0 aliphatic rings. The molecule has 0 saturated carbocycles. The van der Waals surface area contributed by atoms with Crippen LogP contribution >= 0.6 is 0 Å². The van der Waals surface area contributed by atoms with Gasteiger partial charge in [0.15, 0.2) is 0 Å². The molecule has 0 aliphatic carbocycles. The van der Waals surface area contributed by atoms with Crippen LogP contribution in [0.3, 0.4) is 0 Å². The van der Waals surface area contributed by atoms with Crippen LogP contribution in [-0.2, 0) is 0 Å². The predicted octanol–water partition coefficient (Wildman–Crippen LogP) is 2.20. The van der Waals surface area contributed by atoms with E-state index in [4.69, 9.17) is 0 Å². The van der Waals surface area contributed by atoms with Crippen LogP contribution in [0.15, 0.2) is 0 Å². The van der Waals surface area contributed by atoms with Crippen LogP contribution in [0.5, 0.6) is 0 Å². The third-order valence-corrected chi connectivity index (χ3v) is 4.24. The minimum atomic E-state index is 0.185. The molecule has 41 valence electrons. The second-order valence-corrected chi connectivity index (χ2v) is 5.74. The van der Waals surface area contributed by atoms with E-state index in [1.807, 2.05) is 0 Å². The van der Waals surface area contributed by atoms with Crippen LogP contribution in [0, 0.1) is 5.41 Å². The molecule has 0 nitrogen and oxygen atoms in total. The van der Waals surface area contributed by atoms with Gasteiger partial charge in [0.25, 0.3) is 0 Å². The molecule has 0 spiro atoms. The van der Waals surface area contributed by atoms with E-state index in [1.54, 1.807) is 0 Å². The van der Waals surface area contributed by atoms with Crippen molar-refractivity contribution in [2.45, 2.75) is 31.2 Å². The van der Waals surface area contributed by atoms with E-state index in [-0.39, 0.29) is 17.4 Å². The fourth-order valence-corrected chi connectivity index (χ4v) is 3.18. The molecule has 0 bridgehead atoms. The van der Waals surface area contributed by atoms with Crippen LogP contribution in [0.25, 0.3) is 0 Å². The zero-order valence-corrected chi connectivity index (χ0v) is 8.21. The first-order valence-corrected chi connectivity index (χ1v) is 6.97. The normalized spacial score (nSPS) is 11.4. The Kier molecular flexibility index (Phi) is 3.08. The zero-order chi connectivity index (χ0) is 5.91. The molecule has 0 aromatic heterocycles. The summed E-state index contributed by atoms with van der Waals surface area (Å²) in [5.41, 5.74) is 3.00. The summed E-state index contributed by atoms with van der Waals surface area (Å²) < 4.78 is 0. The molecule has 0 saturated heterocycles. The average Bonchev–Trinajstić information content (AvgIpc) is 1.30. The molecule has 0 heterocycles. The first-order chi connectivity index (χ1) is 3.06. The Labute approximate surface area is 54.5 Å². The van der Waals surface area contributed by atoms with Gasteiger partial charge in [-0.2, -0.15) is 0 Å². The second-order valence-electron chi connectivity index (χ2n) is 3.17. The van der Waals surface area contributed by atoms with Gasteiger partial charge in [-0.3, -0.25) is 0 Å². The SMILES string of the molecule is [CH3][Ga][CH2]C(C)(C)C. The van der Waals surface area contributed by atoms with Crippen molar-refractivity contribution in [3.63, 3.8) is 0 Å². The van der Waals surface area contributed by atoms with E-state index in [0.29, 0.717) is 5.41 Å². The molecule has 7 heavy (non-hydrogen) atoms. The number of rotatable bonds is 1. The van der Waals surface area contributed by atoms with E-state index < -0.39 is 0 Å². The zero-order valence-electron chi connectivity index (χ0n) is 5.78. The Bertz CT molecular complexity index is 42.6. The molecule has 0 aromatic carbocycles. The van der Waals surface area contributed by atoms with Crippen molar-refractivity contribution >= 4 is 17.4 Å². The summed E-state index contributed by atoms with van der Waals surface area (Å²) in [6.07, 6.45) is 0. The molecule has 0 rings (SSSR count). The fourth-order valence-electron chi connectivity index (χ4n) is 0.612. The summed E-state index contributed by atoms with van der Waals surface area (Å²) in [4.78, 5) is 1.50. The van der Waals surface area contributed by atoms with Crippen molar-refractivity contribution in [2.75, 3.05) is 0 Å². The van der Waals surface area contributed by atoms with Gasteiger partial charge in [0.2, 0.25) is 0 Å². The van der Waals surface area contributed by atoms with Gasteiger partial charge in [-0.15, -0.1) is 0 Å². The van der Waals surface area contributed by atoms with Gasteiger partial charge in [0.1, 0.15) is 0 Å². The quantitative estimate of drug-likeness (QED) is 0.510. The van der Waals surface area contributed by atoms with Crippen molar-refractivity contribution in [3.05, 3.63) is 0 Å². The topological polar surface area (TPSA) is 0 Å². The first kappa shape index (κ1) is 7.64. The summed E-state index contributed by atoms with van der Waals surface area (Å²) in [5.74, 6) is 0. The van der Waals surface area contributed by atoms with Gasteiger partial charge in [-0.1, -0.05) is 0 Å². The molecule has 0 unspecified atom stereocenters. The van der Waals surface area contributed by atoms with Gasteiger partial charge >= 0.3 is 54.0 Å². The summed E-state index contributed by atoms with van der Waals surface area (Å²) in [6, 6.07) is 0. The molecule has 0 atom stereocenters. The maximum atomic E-state index is 2.38. The summed E-state index contributed by atoms with van der Waals surface area (Å²) in [6.45, 7) is 6.94. The molecule has 0 fully saturated rings. The van der Waals surface area contributed by atoms with E-state index in [2.05, 4.69) is 26.2 Å². The Morgan fingerprint density at radius 1 is 1.29 bits per heavy atom. The monoisotopic (exact) mass is 155 g/mol. The third-order valence-electron chi connectivity index (χ3n) is 0.816. The van der Waals surface area contributed by atoms with Crippen LogP contribution < -0.4 is 0 Å². The second kappa shape index (κ2) is 2.83. The molecule has 1 heteroatoms. The molecule has 0 amide bonds. The van der Waals surface area contributed by atoms with Crippen LogP contribution in [0.2, 0.25) is 10.5 Å². The van der Waals surface area contributed by atoms with E-state index in [9.17, 15) is 0 Å². The maximum absolute atomic E-state index is 2.38. The molecule has 0 N–H and O–H groups in total. The Morgan fingerprint density at radius 2 is 1.71 bits per heavy atom. The van der Waals surface area contributed by atoms with Crippen LogP contribution in [0.4, 0.5) is 0 Å². The minimum absolute atomic E-state index is 0.185. The number of hydrogen-bond acceptors (Lipinski definition) is 0. The predicted molar refractivity (Wildman–Crippen MR) is 35.9 cm³/mol. The van der Waals surface area contributed by atoms with E-state index in [1.165, 1.54) is 4.98 Å². The average molecular weight is 156 g/mol. The molecule has 0 aliphatic heterocycles. The fraction of sp³-hybridized carbons (Fsp3) is 1.00.